The molecule has 0 N–H and O–H groups in total. The van der Waals surface area contributed by atoms with Crippen LogP contribution in [0.1, 0.15) is 38.8 Å². The number of benzene rings is 1. The van der Waals surface area contributed by atoms with Crippen LogP contribution in [0.2, 0.25) is 0 Å². The molecule has 130 valence electrons. The van der Waals surface area contributed by atoms with E-state index in [4.69, 9.17) is 4.74 Å². The average Bonchev–Trinajstić information content (AvgIpc) is 2.74. The standard InChI is InChI=1S/C17H28N2O3S/c1-5-18(6-2)12-15-7-8-17-16(11-15)13-19(9-10-22-17)23(20,21)14(3)4/h7-8,11,14H,5-6,9-10,12-13H2,1-4H3. The normalized spacial score (nSPS) is 16.3. The predicted octanol–water partition coefficient (Wildman–Crippen LogP) is 2.46. The zero-order chi connectivity index (χ0) is 17.0. The van der Waals surface area contributed by atoms with Gasteiger partial charge in [0.2, 0.25) is 10.0 Å². The molecule has 0 aromatic heterocycles. The minimum Gasteiger partial charge on any atom is -0.492 e. The Morgan fingerprint density at radius 3 is 2.57 bits per heavy atom. The van der Waals surface area contributed by atoms with E-state index in [0.29, 0.717) is 19.7 Å². The fraction of sp³-hybridized carbons (Fsp3) is 0.647. The third-order valence-electron chi connectivity index (χ3n) is 4.33. The second kappa shape index (κ2) is 7.64. The van der Waals surface area contributed by atoms with Crippen molar-refractivity contribution < 1.29 is 13.2 Å². The van der Waals surface area contributed by atoms with E-state index >= 15 is 0 Å². The van der Waals surface area contributed by atoms with Crippen LogP contribution in [0.4, 0.5) is 0 Å². The molecule has 1 aromatic carbocycles. The van der Waals surface area contributed by atoms with Crippen LogP contribution in [0, 0.1) is 0 Å². The zero-order valence-electron chi connectivity index (χ0n) is 14.6. The van der Waals surface area contributed by atoms with Crippen LogP contribution in [-0.2, 0) is 23.1 Å². The third kappa shape index (κ3) is 4.25. The lowest BCUT2D eigenvalue weighted by Crippen LogP contribution is -2.37. The predicted molar refractivity (Wildman–Crippen MR) is 93.0 cm³/mol. The highest BCUT2D eigenvalue weighted by atomic mass is 32.2. The fourth-order valence-corrected chi connectivity index (χ4v) is 3.99. The molecule has 1 aliphatic heterocycles. The van der Waals surface area contributed by atoms with E-state index in [2.05, 4.69) is 30.9 Å². The molecule has 0 saturated heterocycles. The molecule has 0 spiro atoms. The summed E-state index contributed by atoms with van der Waals surface area (Å²) in [7, 11) is -3.27. The first-order valence-corrected chi connectivity index (χ1v) is 9.84. The maximum atomic E-state index is 12.5. The first kappa shape index (κ1) is 18.2. The van der Waals surface area contributed by atoms with Gasteiger partial charge in [-0.25, -0.2) is 8.42 Å². The van der Waals surface area contributed by atoms with E-state index in [1.54, 1.807) is 18.2 Å². The topological polar surface area (TPSA) is 49.9 Å². The second-order valence-corrected chi connectivity index (χ2v) is 8.67. The number of nitrogens with zero attached hydrogens (tertiary/aromatic N) is 2. The highest BCUT2D eigenvalue weighted by Gasteiger charge is 2.28. The summed E-state index contributed by atoms with van der Waals surface area (Å²) in [5, 5.41) is -0.414. The summed E-state index contributed by atoms with van der Waals surface area (Å²) in [5.74, 6) is 0.801. The summed E-state index contributed by atoms with van der Waals surface area (Å²) < 4.78 is 32.2. The number of hydrogen-bond acceptors (Lipinski definition) is 4. The number of ether oxygens (including phenoxy) is 1. The lowest BCUT2D eigenvalue weighted by Gasteiger charge is -2.22. The van der Waals surface area contributed by atoms with Crippen LogP contribution < -0.4 is 4.74 Å². The summed E-state index contributed by atoms with van der Waals surface area (Å²) >= 11 is 0. The van der Waals surface area contributed by atoms with Crippen molar-refractivity contribution in [2.24, 2.45) is 0 Å². The molecule has 0 amide bonds. The van der Waals surface area contributed by atoms with Crippen molar-refractivity contribution >= 4 is 10.0 Å². The summed E-state index contributed by atoms with van der Waals surface area (Å²) in [5.41, 5.74) is 2.15. The molecule has 0 radical (unpaired) electrons. The molecule has 6 heteroatoms. The number of fused-ring (bicyclic) bond motifs is 1. The van der Waals surface area contributed by atoms with Gasteiger partial charge < -0.3 is 4.74 Å². The van der Waals surface area contributed by atoms with E-state index in [1.165, 1.54) is 5.56 Å². The Labute approximate surface area is 140 Å². The molecular weight excluding hydrogens is 312 g/mol. The monoisotopic (exact) mass is 340 g/mol. The van der Waals surface area contributed by atoms with Crippen LogP contribution >= 0.6 is 0 Å². The van der Waals surface area contributed by atoms with Crippen molar-refractivity contribution in [1.82, 2.24) is 9.21 Å². The Morgan fingerprint density at radius 2 is 1.96 bits per heavy atom. The Kier molecular flexibility index (Phi) is 6.06. The largest absolute Gasteiger partial charge is 0.492 e. The van der Waals surface area contributed by atoms with Gasteiger partial charge in [-0.15, -0.1) is 0 Å². The van der Waals surface area contributed by atoms with Crippen LogP contribution in [0.3, 0.4) is 0 Å². The first-order chi connectivity index (χ1) is 10.9. The summed E-state index contributed by atoms with van der Waals surface area (Å²) in [6.45, 7) is 11.8. The molecule has 1 aliphatic rings. The Morgan fingerprint density at radius 1 is 1.26 bits per heavy atom. The summed E-state index contributed by atoms with van der Waals surface area (Å²) in [4.78, 5) is 2.34. The molecule has 0 aliphatic carbocycles. The maximum absolute atomic E-state index is 12.5. The molecule has 5 nitrogen and oxygen atoms in total. The van der Waals surface area contributed by atoms with Gasteiger partial charge in [0.05, 0.1) is 5.25 Å². The van der Waals surface area contributed by atoms with Gasteiger partial charge in [-0.05, 0) is 44.6 Å². The van der Waals surface area contributed by atoms with Gasteiger partial charge in [0.1, 0.15) is 12.4 Å². The highest BCUT2D eigenvalue weighted by molar-refractivity contribution is 7.89. The lowest BCUT2D eigenvalue weighted by molar-refractivity contribution is 0.291. The summed E-state index contributed by atoms with van der Waals surface area (Å²) in [6, 6.07) is 6.13. The van der Waals surface area contributed by atoms with E-state index in [-0.39, 0.29) is 0 Å². The Hall–Kier alpha value is -1.11. The molecule has 23 heavy (non-hydrogen) atoms. The van der Waals surface area contributed by atoms with Crippen LogP contribution in [0.15, 0.2) is 18.2 Å². The number of sulfonamides is 1. The van der Waals surface area contributed by atoms with Gasteiger partial charge in [0.15, 0.2) is 0 Å². The van der Waals surface area contributed by atoms with E-state index in [9.17, 15) is 8.42 Å². The second-order valence-electron chi connectivity index (χ2n) is 6.18. The molecule has 2 rings (SSSR count). The van der Waals surface area contributed by atoms with E-state index in [0.717, 1.165) is 30.9 Å². The van der Waals surface area contributed by atoms with Crippen molar-refractivity contribution in [2.45, 2.75) is 46.0 Å². The smallest absolute Gasteiger partial charge is 0.216 e. The van der Waals surface area contributed by atoms with Gasteiger partial charge in [0.25, 0.3) is 0 Å². The van der Waals surface area contributed by atoms with Crippen molar-refractivity contribution in [3.63, 3.8) is 0 Å². The molecule has 0 fully saturated rings. The maximum Gasteiger partial charge on any atom is 0.216 e. The summed E-state index contributed by atoms with van der Waals surface area (Å²) in [6.07, 6.45) is 0. The van der Waals surface area contributed by atoms with Crippen LogP contribution in [0.5, 0.6) is 5.75 Å². The van der Waals surface area contributed by atoms with E-state index in [1.807, 2.05) is 6.07 Å². The Balaban J connectivity index is 2.25. The first-order valence-electron chi connectivity index (χ1n) is 8.34. The molecule has 1 aromatic rings. The van der Waals surface area contributed by atoms with Gasteiger partial charge in [0, 0.05) is 25.2 Å². The SMILES string of the molecule is CCN(CC)Cc1ccc2c(c1)CN(S(=O)(=O)C(C)C)CCO2. The van der Waals surface area contributed by atoms with Gasteiger partial charge >= 0.3 is 0 Å². The lowest BCUT2D eigenvalue weighted by atomic mass is 10.1. The van der Waals surface area contributed by atoms with E-state index < -0.39 is 15.3 Å². The van der Waals surface area contributed by atoms with Crippen molar-refractivity contribution in [1.29, 1.82) is 0 Å². The molecule has 0 unspecified atom stereocenters. The minimum absolute atomic E-state index is 0.391. The molecule has 0 saturated carbocycles. The van der Waals surface area contributed by atoms with Gasteiger partial charge in [-0.3, -0.25) is 4.90 Å². The van der Waals surface area contributed by atoms with Crippen molar-refractivity contribution in [3.05, 3.63) is 29.3 Å². The van der Waals surface area contributed by atoms with Crippen LogP contribution in [-0.4, -0.2) is 49.1 Å². The molecule has 0 atom stereocenters. The number of rotatable bonds is 6. The minimum atomic E-state index is -3.27. The molecular formula is C17H28N2O3S. The number of hydrogen-bond donors (Lipinski definition) is 0. The van der Waals surface area contributed by atoms with Gasteiger partial charge in [-0.1, -0.05) is 19.9 Å². The zero-order valence-corrected chi connectivity index (χ0v) is 15.4. The Bertz CT molecular complexity index is 625. The quantitative estimate of drug-likeness (QED) is 0.798. The molecule has 0 bridgehead atoms. The van der Waals surface area contributed by atoms with Crippen molar-refractivity contribution in [2.75, 3.05) is 26.2 Å². The van der Waals surface area contributed by atoms with Crippen molar-refractivity contribution in [3.8, 4) is 5.75 Å². The highest BCUT2D eigenvalue weighted by Crippen LogP contribution is 2.27. The van der Waals surface area contributed by atoms with Gasteiger partial charge in [-0.2, -0.15) is 4.31 Å². The fourth-order valence-electron chi connectivity index (χ4n) is 2.74. The average molecular weight is 340 g/mol. The van der Waals surface area contributed by atoms with Crippen LogP contribution in [0.25, 0.3) is 0 Å². The third-order valence-corrected chi connectivity index (χ3v) is 6.55. The molecule has 1 heterocycles.